The molecule has 0 amide bonds. The van der Waals surface area contributed by atoms with Gasteiger partial charge in [-0.15, -0.1) is 0 Å². The second-order valence-corrected chi connectivity index (χ2v) is 6.34. The van der Waals surface area contributed by atoms with Crippen molar-refractivity contribution in [1.82, 2.24) is 5.32 Å². The van der Waals surface area contributed by atoms with E-state index in [0.717, 1.165) is 29.2 Å². The predicted octanol–water partition coefficient (Wildman–Crippen LogP) is 4.52. The first-order chi connectivity index (χ1) is 9.29. The fourth-order valence-electron chi connectivity index (χ4n) is 2.92. The molecule has 2 nitrogen and oxygen atoms in total. The Bertz CT molecular complexity index is 388. The van der Waals surface area contributed by atoms with Gasteiger partial charge in [0.15, 0.2) is 0 Å². The number of nitrogens with one attached hydrogen (secondary N) is 1. The van der Waals surface area contributed by atoms with Crippen LogP contribution in [-0.4, -0.2) is 13.7 Å². The molecule has 3 heteroatoms. The molecule has 1 fully saturated rings. The van der Waals surface area contributed by atoms with Crippen molar-refractivity contribution in [1.29, 1.82) is 0 Å². The van der Waals surface area contributed by atoms with Crippen molar-refractivity contribution in [3.63, 3.8) is 0 Å². The number of rotatable bonds is 7. The molecule has 0 spiro atoms. The summed E-state index contributed by atoms with van der Waals surface area (Å²) in [6.45, 7) is 1.99. The van der Waals surface area contributed by atoms with Crippen LogP contribution in [0.5, 0.6) is 5.75 Å². The summed E-state index contributed by atoms with van der Waals surface area (Å²) in [6.07, 6.45) is 8.50. The lowest BCUT2D eigenvalue weighted by Crippen LogP contribution is -2.16. The molecule has 1 N–H and O–H groups in total. The van der Waals surface area contributed by atoms with Crippen LogP contribution in [-0.2, 0) is 6.54 Å². The van der Waals surface area contributed by atoms with E-state index in [4.69, 9.17) is 4.74 Å². The van der Waals surface area contributed by atoms with E-state index in [1.54, 1.807) is 7.11 Å². The van der Waals surface area contributed by atoms with Gasteiger partial charge in [0.25, 0.3) is 0 Å². The van der Waals surface area contributed by atoms with Gasteiger partial charge in [0.1, 0.15) is 5.75 Å². The van der Waals surface area contributed by atoms with Crippen molar-refractivity contribution in [3.05, 3.63) is 28.2 Å². The SMILES string of the molecule is COc1ccc(Br)cc1CNCCCC1CCCC1. The number of methoxy groups -OCH3 is 1. The molecule has 0 atom stereocenters. The Kier molecular flexibility index (Phi) is 6.18. The monoisotopic (exact) mass is 325 g/mol. The van der Waals surface area contributed by atoms with E-state index in [1.807, 2.05) is 12.1 Å². The van der Waals surface area contributed by atoms with Gasteiger partial charge in [-0.3, -0.25) is 0 Å². The van der Waals surface area contributed by atoms with Crippen LogP contribution in [0.1, 0.15) is 44.1 Å². The average Bonchev–Trinajstić information content (AvgIpc) is 2.92. The van der Waals surface area contributed by atoms with Gasteiger partial charge in [-0.05, 0) is 43.5 Å². The molecule has 1 aromatic rings. The smallest absolute Gasteiger partial charge is 0.123 e. The van der Waals surface area contributed by atoms with E-state index in [2.05, 4.69) is 27.3 Å². The van der Waals surface area contributed by atoms with E-state index >= 15 is 0 Å². The van der Waals surface area contributed by atoms with E-state index < -0.39 is 0 Å². The lowest BCUT2D eigenvalue weighted by molar-refractivity contribution is 0.406. The van der Waals surface area contributed by atoms with Gasteiger partial charge >= 0.3 is 0 Å². The number of hydrogen-bond acceptors (Lipinski definition) is 2. The lowest BCUT2D eigenvalue weighted by atomic mass is 10.0. The van der Waals surface area contributed by atoms with Crippen molar-refractivity contribution >= 4 is 15.9 Å². The van der Waals surface area contributed by atoms with Crippen molar-refractivity contribution < 1.29 is 4.74 Å². The summed E-state index contributed by atoms with van der Waals surface area (Å²) in [6, 6.07) is 6.16. The minimum atomic E-state index is 0.882. The maximum Gasteiger partial charge on any atom is 0.123 e. The van der Waals surface area contributed by atoms with E-state index in [9.17, 15) is 0 Å². The third-order valence-electron chi connectivity index (χ3n) is 4.00. The van der Waals surface area contributed by atoms with Gasteiger partial charge in [0.2, 0.25) is 0 Å². The highest BCUT2D eigenvalue weighted by molar-refractivity contribution is 9.10. The van der Waals surface area contributed by atoms with Gasteiger partial charge in [-0.2, -0.15) is 0 Å². The van der Waals surface area contributed by atoms with Crippen molar-refractivity contribution in [2.75, 3.05) is 13.7 Å². The quantitative estimate of drug-likeness (QED) is 0.744. The Balaban J connectivity index is 1.68. The number of benzene rings is 1. The molecule has 0 unspecified atom stereocenters. The Morgan fingerprint density at radius 1 is 1.32 bits per heavy atom. The first-order valence-corrected chi connectivity index (χ1v) is 8.12. The van der Waals surface area contributed by atoms with Crippen LogP contribution in [0.4, 0.5) is 0 Å². The fourth-order valence-corrected chi connectivity index (χ4v) is 3.33. The topological polar surface area (TPSA) is 21.3 Å². The van der Waals surface area contributed by atoms with Gasteiger partial charge in [0.05, 0.1) is 7.11 Å². The molecule has 0 heterocycles. The Labute approximate surface area is 125 Å². The van der Waals surface area contributed by atoms with Crippen LogP contribution in [0.25, 0.3) is 0 Å². The van der Waals surface area contributed by atoms with E-state index in [1.165, 1.54) is 44.1 Å². The third-order valence-corrected chi connectivity index (χ3v) is 4.49. The largest absolute Gasteiger partial charge is 0.496 e. The zero-order chi connectivity index (χ0) is 13.5. The molecule has 1 aromatic carbocycles. The van der Waals surface area contributed by atoms with Crippen LogP contribution in [0.3, 0.4) is 0 Å². The summed E-state index contributed by atoms with van der Waals surface area (Å²) in [5, 5.41) is 3.53. The number of hydrogen-bond donors (Lipinski definition) is 1. The second-order valence-electron chi connectivity index (χ2n) is 5.43. The minimum Gasteiger partial charge on any atom is -0.496 e. The maximum absolute atomic E-state index is 5.38. The van der Waals surface area contributed by atoms with Crippen molar-refractivity contribution in [2.24, 2.45) is 5.92 Å². The zero-order valence-electron chi connectivity index (χ0n) is 11.8. The van der Waals surface area contributed by atoms with Crippen molar-refractivity contribution in [2.45, 2.75) is 45.1 Å². The van der Waals surface area contributed by atoms with Gasteiger partial charge < -0.3 is 10.1 Å². The summed E-state index contributed by atoms with van der Waals surface area (Å²) in [7, 11) is 1.73. The molecule has 0 bridgehead atoms. The number of halogens is 1. The molecule has 2 rings (SSSR count). The molecule has 1 saturated carbocycles. The maximum atomic E-state index is 5.38. The van der Waals surface area contributed by atoms with E-state index in [-0.39, 0.29) is 0 Å². The first-order valence-electron chi connectivity index (χ1n) is 7.32. The molecule has 0 aromatic heterocycles. The highest BCUT2D eigenvalue weighted by Gasteiger charge is 2.13. The molecular formula is C16H24BrNO. The molecule has 1 aliphatic rings. The molecular weight excluding hydrogens is 302 g/mol. The zero-order valence-corrected chi connectivity index (χ0v) is 13.3. The Morgan fingerprint density at radius 2 is 2.11 bits per heavy atom. The molecule has 106 valence electrons. The van der Waals surface area contributed by atoms with Gasteiger partial charge in [-0.1, -0.05) is 41.6 Å². The predicted molar refractivity (Wildman–Crippen MR) is 83.6 cm³/mol. The summed E-state index contributed by atoms with van der Waals surface area (Å²) in [5.41, 5.74) is 1.22. The summed E-state index contributed by atoms with van der Waals surface area (Å²) >= 11 is 3.51. The summed E-state index contributed by atoms with van der Waals surface area (Å²) < 4.78 is 6.49. The highest BCUT2D eigenvalue weighted by atomic mass is 79.9. The van der Waals surface area contributed by atoms with Gasteiger partial charge in [0, 0.05) is 16.6 Å². The normalized spacial score (nSPS) is 15.9. The van der Waals surface area contributed by atoms with Gasteiger partial charge in [-0.25, -0.2) is 0 Å². The molecule has 1 aliphatic carbocycles. The molecule has 0 radical (unpaired) electrons. The summed E-state index contributed by atoms with van der Waals surface area (Å²) in [4.78, 5) is 0. The van der Waals surface area contributed by atoms with Crippen LogP contribution >= 0.6 is 15.9 Å². The average molecular weight is 326 g/mol. The first kappa shape index (κ1) is 14.9. The van der Waals surface area contributed by atoms with Crippen LogP contribution in [0.2, 0.25) is 0 Å². The van der Waals surface area contributed by atoms with Crippen LogP contribution in [0.15, 0.2) is 22.7 Å². The third kappa shape index (κ3) is 4.81. The number of ether oxygens (including phenoxy) is 1. The lowest BCUT2D eigenvalue weighted by Gasteiger charge is -2.11. The molecule has 19 heavy (non-hydrogen) atoms. The van der Waals surface area contributed by atoms with E-state index in [0.29, 0.717) is 0 Å². The Morgan fingerprint density at radius 3 is 2.84 bits per heavy atom. The van der Waals surface area contributed by atoms with Crippen LogP contribution < -0.4 is 10.1 Å². The standard InChI is InChI=1S/C16H24BrNO/c1-19-16-9-8-15(17)11-14(16)12-18-10-4-7-13-5-2-3-6-13/h8-9,11,13,18H,2-7,10,12H2,1H3. The molecule has 0 aliphatic heterocycles. The summed E-state index contributed by atoms with van der Waals surface area (Å²) in [5.74, 6) is 1.97. The van der Waals surface area contributed by atoms with Crippen LogP contribution in [0, 0.1) is 5.92 Å². The Hall–Kier alpha value is -0.540. The molecule has 0 saturated heterocycles. The van der Waals surface area contributed by atoms with Crippen molar-refractivity contribution in [3.8, 4) is 5.75 Å². The fraction of sp³-hybridized carbons (Fsp3) is 0.625. The second kappa shape index (κ2) is 7.91. The highest BCUT2D eigenvalue weighted by Crippen LogP contribution is 2.28. The minimum absolute atomic E-state index is 0.882.